The predicted octanol–water partition coefficient (Wildman–Crippen LogP) is 2.77. The number of imide groups is 1. The second-order valence-corrected chi connectivity index (χ2v) is 14.7. The van der Waals surface area contributed by atoms with Crippen LogP contribution in [0.5, 0.6) is 5.75 Å². The Morgan fingerprint density at radius 3 is 2.48 bits per heavy atom. The van der Waals surface area contributed by atoms with Crippen molar-refractivity contribution in [3.8, 4) is 5.75 Å². The topological polar surface area (TPSA) is 138 Å². The lowest BCUT2D eigenvalue weighted by Crippen LogP contribution is -2.54. The van der Waals surface area contributed by atoms with Gasteiger partial charge in [-0.1, -0.05) is 0 Å². The van der Waals surface area contributed by atoms with Crippen LogP contribution in [-0.2, 0) is 27.6 Å². The highest BCUT2D eigenvalue weighted by molar-refractivity contribution is 7.82. The molecule has 4 fully saturated rings. The van der Waals surface area contributed by atoms with Crippen molar-refractivity contribution in [2.75, 3.05) is 48.7 Å². The number of nitrogens with one attached hydrogen (secondary N) is 2. The summed E-state index contributed by atoms with van der Waals surface area (Å²) in [6, 6.07) is 7.40. The maximum atomic E-state index is 13.2. The number of rotatable bonds is 11. The van der Waals surface area contributed by atoms with E-state index in [1.807, 2.05) is 16.0 Å². The van der Waals surface area contributed by atoms with Crippen molar-refractivity contribution in [1.82, 2.24) is 34.3 Å². The first-order valence-corrected chi connectivity index (χ1v) is 18.0. The zero-order valence-corrected chi connectivity index (χ0v) is 27.7. The summed E-state index contributed by atoms with van der Waals surface area (Å²) >= 11 is 0. The number of nitrogens with zero attached hydrogens (tertiary/aromatic N) is 7. The van der Waals surface area contributed by atoms with Gasteiger partial charge in [-0.25, -0.2) is 18.5 Å². The number of halogens is 2. The average Bonchev–Trinajstić information content (AvgIpc) is 3.51. The highest BCUT2D eigenvalue weighted by Gasteiger charge is 2.40. The van der Waals surface area contributed by atoms with E-state index in [0.29, 0.717) is 49.7 Å². The van der Waals surface area contributed by atoms with Crippen LogP contribution >= 0.6 is 0 Å². The summed E-state index contributed by atoms with van der Waals surface area (Å²) in [7, 11) is 0.862. The van der Waals surface area contributed by atoms with Crippen LogP contribution in [0.3, 0.4) is 0 Å². The molecule has 48 heavy (non-hydrogen) atoms. The molecule has 2 aromatic heterocycles. The summed E-state index contributed by atoms with van der Waals surface area (Å²) < 4.78 is 46.0. The van der Waals surface area contributed by atoms with Gasteiger partial charge >= 0.3 is 6.61 Å². The lowest BCUT2D eigenvalue weighted by molar-refractivity contribution is -0.134. The van der Waals surface area contributed by atoms with Gasteiger partial charge in [0, 0.05) is 74.6 Å². The molecule has 2 N–H and O–H groups in total. The van der Waals surface area contributed by atoms with Gasteiger partial charge in [-0.15, -0.1) is 0 Å². The van der Waals surface area contributed by atoms with E-state index in [-0.39, 0.29) is 23.6 Å². The van der Waals surface area contributed by atoms with Crippen LogP contribution in [0.25, 0.3) is 10.9 Å². The summed E-state index contributed by atoms with van der Waals surface area (Å²) in [5, 5.41) is 11.3. The lowest BCUT2D eigenvalue weighted by Gasteiger charge is -2.42. The van der Waals surface area contributed by atoms with E-state index in [0.717, 1.165) is 74.0 Å². The van der Waals surface area contributed by atoms with E-state index in [1.165, 1.54) is 12.4 Å². The molecule has 0 saturated carbocycles. The smallest absolute Gasteiger partial charge is 0.387 e. The molecule has 16 heteroatoms. The van der Waals surface area contributed by atoms with Crippen molar-refractivity contribution in [2.45, 2.75) is 75.6 Å². The van der Waals surface area contributed by atoms with Gasteiger partial charge in [0.1, 0.15) is 0 Å². The van der Waals surface area contributed by atoms with E-state index in [9.17, 15) is 22.6 Å². The molecule has 0 spiro atoms. The molecule has 4 aliphatic heterocycles. The molecule has 13 nitrogen and oxygen atoms in total. The summed E-state index contributed by atoms with van der Waals surface area (Å²) in [5.41, 5.74) is 2.86. The Kier molecular flexibility index (Phi) is 9.56. The molecular formula is C32H41F2N9O4S. The van der Waals surface area contributed by atoms with Gasteiger partial charge < -0.3 is 15.0 Å². The molecule has 2 amide bonds. The van der Waals surface area contributed by atoms with Gasteiger partial charge in [0.2, 0.25) is 17.8 Å². The Labute approximate surface area is 280 Å². The van der Waals surface area contributed by atoms with E-state index in [2.05, 4.69) is 53.3 Å². The second-order valence-electron chi connectivity index (χ2n) is 13.1. The number of alkyl halides is 2. The Balaban J connectivity index is 0.876. The third kappa shape index (κ3) is 7.01. The number of hydrogen-bond donors (Lipinski definition) is 2. The zero-order chi connectivity index (χ0) is 33.4. The molecule has 4 saturated heterocycles. The number of fused-ring (bicyclic) bond motifs is 3. The van der Waals surface area contributed by atoms with Crippen molar-refractivity contribution < 1.29 is 27.3 Å². The third-order valence-electron chi connectivity index (χ3n) is 10.1. The second kappa shape index (κ2) is 14.0. The van der Waals surface area contributed by atoms with Gasteiger partial charge in [0.25, 0.3) is 0 Å². The van der Waals surface area contributed by atoms with Crippen molar-refractivity contribution in [3.63, 3.8) is 0 Å². The number of carbonyl (C=O) groups is 2. The fourth-order valence-corrected chi connectivity index (χ4v) is 8.94. The Bertz CT molecular complexity index is 1650. The van der Waals surface area contributed by atoms with Crippen molar-refractivity contribution >= 4 is 45.3 Å². The maximum Gasteiger partial charge on any atom is 0.387 e. The molecule has 1 aromatic carbocycles. The molecule has 258 valence electrons. The monoisotopic (exact) mass is 685 g/mol. The number of aryl methyl sites for hydroxylation is 1. The minimum atomic E-state index is -2.91. The predicted molar refractivity (Wildman–Crippen MR) is 176 cm³/mol. The van der Waals surface area contributed by atoms with Gasteiger partial charge in [-0.05, 0) is 63.3 Å². The molecule has 3 aromatic rings. The molecule has 4 aliphatic rings. The Morgan fingerprint density at radius 2 is 1.79 bits per heavy atom. The lowest BCUT2D eigenvalue weighted by atomic mass is 9.93. The molecule has 2 bridgehead atoms. The fraction of sp³-hybridized carbons (Fsp3) is 0.594. The van der Waals surface area contributed by atoms with Crippen molar-refractivity contribution in [3.05, 3.63) is 36.3 Å². The van der Waals surface area contributed by atoms with E-state index < -0.39 is 23.5 Å². The number of piperazine rings is 1. The summed E-state index contributed by atoms with van der Waals surface area (Å²) in [6.07, 6.45) is 8.02. The van der Waals surface area contributed by atoms with E-state index in [1.54, 1.807) is 0 Å². The highest BCUT2D eigenvalue weighted by atomic mass is 32.2. The van der Waals surface area contributed by atoms with Crippen molar-refractivity contribution in [1.29, 1.82) is 0 Å². The number of piperidine rings is 2. The average molecular weight is 686 g/mol. The normalized spacial score (nSPS) is 24.8. The quantitative estimate of drug-likeness (QED) is 0.290. The number of benzene rings is 1. The molecule has 0 radical (unpaired) electrons. The molecule has 4 unspecified atom stereocenters. The largest absolute Gasteiger partial charge is 0.432 e. The van der Waals surface area contributed by atoms with Crippen LogP contribution in [0, 0.1) is 0 Å². The van der Waals surface area contributed by atoms with Gasteiger partial charge in [0.15, 0.2) is 5.75 Å². The van der Waals surface area contributed by atoms with Crippen LogP contribution < -0.4 is 20.3 Å². The summed E-state index contributed by atoms with van der Waals surface area (Å²) in [4.78, 5) is 37.4. The van der Waals surface area contributed by atoms with Crippen LogP contribution in [0.2, 0.25) is 0 Å². The SMILES string of the molecule is Cn1nc(C2CCC(=O)NC2=O)c2ccc(N3CC4CCC(C3)N4CCCS(=O)N3CCC(Nc4ncc(OC(F)F)cn4)CC3)cc21. The van der Waals surface area contributed by atoms with Crippen LogP contribution in [-0.4, -0.2) is 108 Å². The highest BCUT2D eigenvalue weighted by Crippen LogP contribution is 2.36. The van der Waals surface area contributed by atoms with Gasteiger partial charge in [-0.3, -0.25) is 24.5 Å². The number of aromatic nitrogens is 4. The first-order chi connectivity index (χ1) is 23.2. The van der Waals surface area contributed by atoms with Gasteiger partial charge in [-0.2, -0.15) is 13.9 Å². The van der Waals surface area contributed by atoms with Crippen LogP contribution in [0.15, 0.2) is 30.6 Å². The van der Waals surface area contributed by atoms with Crippen LogP contribution in [0.1, 0.15) is 56.6 Å². The van der Waals surface area contributed by atoms with E-state index in [4.69, 9.17) is 5.10 Å². The molecule has 4 atom stereocenters. The Hall–Kier alpha value is -3.76. The number of hydrogen-bond acceptors (Lipinski definition) is 10. The van der Waals surface area contributed by atoms with Gasteiger partial charge in [0.05, 0.1) is 40.5 Å². The van der Waals surface area contributed by atoms with E-state index >= 15 is 0 Å². The third-order valence-corrected chi connectivity index (χ3v) is 11.7. The first-order valence-electron chi connectivity index (χ1n) is 16.7. The van der Waals surface area contributed by atoms with Crippen molar-refractivity contribution in [2.24, 2.45) is 7.05 Å². The summed E-state index contributed by atoms with van der Waals surface area (Å²) in [6.45, 7) is 1.31. The number of ether oxygens (including phenoxy) is 1. The molecule has 6 heterocycles. The van der Waals surface area contributed by atoms with Crippen LogP contribution in [0.4, 0.5) is 20.4 Å². The Morgan fingerprint density at radius 1 is 1.06 bits per heavy atom. The number of anilines is 2. The summed E-state index contributed by atoms with van der Waals surface area (Å²) in [5.74, 6) is 0.00652. The maximum absolute atomic E-state index is 13.2. The molecular weight excluding hydrogens is 644 g/mol. The number of carbonyl (C=O) groups excluding carboxylic acids is 2. The number of amides is 2. The zero-order valence-electron chi connectivity index (χ0n) is 26.9. The standard InChI is InChI=1S/C32H41F2N9O4S/c1-40-27-15-21(5-6-25(27)29(39-40)26-7-8-28(44)38-30(26)45)41-18-22-3-4-23(19-41)43(22)11-2-14-48(46)42-12-9-20(10-13-42)37-32-35-16-24(17-36-32)47-31(33)34/h5-6,15-17,20,22-23,26,31H,2-4,7-14,18-19H2,1H3,(H,35,36,37)(H,38,44,45). The first kappa shape index (κ1) is 32.8. The fourth-order valence-electron chi connectivity index (χ4n) is 7.69. The molecule has 0 aliphatic carbocycles. The minimum absolute atomic E-state index is 0.0817. The molecule has 7 rings (SSSR count). The minimum Gasteiger partial charge on any atom is -0.432 e.